The molecule has 1 N–H and O–H groups in total. The van der Waals surface area contributed by atoms with Crippen LogP contribution in [0.15, 0.2) is 48.8 Å². The lowest BCUT2D eigenvalue weighted by Crippen LogP contribution is -2.56. The fourth-order valence-corrected chi connectivity index (χ4v) is 4.45. The summed E-state index contributed by atoms with van der Waals surface area (Å²) >= 11 is 0. The van der Waals surface area contributed by atoms with Crippen molar-refractivity contribution in [2.75, 3.05) is 6.61 Å². The minimum atomic E-state index is -4.57. The molecule has 6 nitrogen and oxygen atoms in total. The summed E-state index contributed by atoms with van der Waals surface area (Å²) < 4.78 is 45.6. The molecular weight excluding hydrogens is 423 g/mol. The number of nitrogens with one attached hydrogen (secondary N) is 1. The Balaban J connectivity index is 1.61. The van der Waals surface area contributed by atoms with Crippen molar-refractivity contribution in [3.8, 4) is 0 Å². The zero-order chi connectivity index (χ0) is 22.8. The first-order chi connectivity index (χ1) is 15.3. The van der Waals surface area contributed by atoms with Gasteiger partial charge in [0.05, 0.1) is 12.2 Å². The number of amides is 2. The monoisotopic (exact) mass is 447 g/mol. The molecule has 1 aromatic heterocycles. The van der Waals surface area contributed by atoms with E-state index in [2.05, 4.69) is 10.3 Å². The van der Waals surface area contributed by atoms with Crippen LogP contribution < -0.4 is 5.32 Å². The van der Waals surface area contributed by atoms with Crippen molar-refractivity contribution in [2.24, 2.45) is 0 Å². The summed E-state index contributed by atoms with van der Waals surface area (Å²) in [5.41, 5.74) is -1.19. The number of benzene rings is 1. The van der Waals surface area contributed by atoms with Crippen LogP contribution in [0.2, 0.25) is 0 Å². The molecule has 1 unspecified atom stereocenters. The number of hydrogen-bond acceptors (Lipinski definition) is 4. The molecule has 1 spiro atoms. The van der Waals surface area contributed by atoms with Gasteiger partial charge >= 0.3 is 6.18 Å². The van der Waals surface area contributed by atoms with Gasteiger partial charge in [0.15, 0.2) is 0 Å². The van der Waals surface area contributed by atoms with E-state index in [1.165, 1.54) is 17.0 Å². The lowest BCUT2D eigenvalue weighted by atomic mass is 9.89. The molecule has 2 fully saturated rings. The highest BCUT2D eigenvalue weighted by atomic mass is 19.4. The molecule has 1 saturated heterocycles. The van der Waals surface area contributed by atoms with Crippen LogP contribution >= 0.6 is 0 Å². The number of carbonyl (C=O) groups excluding carboxylic acids is 2. The molecule has 2 heterocycles. The van der Waals surface area contributed by atoms with E-state index in [0.29, 0.717) is 12.8 Å². The SMILES string of the molecule is O=C(NCc1cccnc1)C1COC2(CCCCC2)N1C(=O)c1cccc(C(F)(F)F)c1. The number of nitrogens with zero attached hydrogens (tertiary/aromatic N) is 2. The average Bonchev–Trinajstić information content (AvgIpc) is 3.16. The van der Waals surface area contributed by atoms with Gasteiger partial charge in [-0.2, -0.15) is 13.2 Å². The Morgan fingerprint density at radius 2 is 1.94 bits per heavy atom. The highest BCUT2D eigenvalue weighted by Crippen LogP contribution is 2.41. The summed E-state index contributed by atoms with van der Waals surface area (Å²) in [6.45, 7) is 0.228. The zero-order valence-electron chi connectivity index (χ0n) is 17.4. The van der Waals surface area contributed by atoms with Crippen molar-refractivity contribution in [2.45, 2.75) is 56.6 Å². The molecule has 4 rings (SSSR count). The van der Waals surface area contributed by atoms with Crippen molar-refractivity contribution in [1.82, 2.24) is 15.2 Å². The molecule has 2 amide bonds. The second-order valence-corrected chi connectivity index (χ2v) is 8.17. The standard InChI is InChI=1S/C23H24F3N3O3/c24-23(25,26)18-8-4-7-17(12-18)21(31)29-19(15-32-22(29)9-2-1-3-10-22)20(30)28-14-16-6-5-11-27-13-16/h4-8,11-13,19H,1-3,9-10,14-15H2,(H,28,30). The Kier molecular flexibility index (Phi) is 6.19. The summed E-state index contributed by atoms with van der Waals surface area (Å²) in [6, 6.07) is 6.95. The normalized spacial score (nSPS) is 20.3. The van der Waals surface area contributed by atoms with E-state index in [1.807, 2.05) is 6.07 Å². The van der Waals surface area contributed by atoms with Gasteiger partial charge in [0.2, 0.25) is 5.91 Å². The van der Waals surface area contributed by atoms with Crippen LogP contribution in [-0.2, 0) is 22.3 Å². The predicted octanol–water partition coefficient (Wildman–Crippen LogP) is 3.92. The van der Waals surface area contributed by atoms with Crippen LogP contribution in [0.4, 0.5) is 13.2 Å². The van der Waals surface area contributed by atoms with Gasteiger partial charge in [-0.15, -0.1) is 0 Å². The van der Waals surface area contributed by atoms with E-state index in [4.69, 9.17) is 4.74 Å². The molecule has 2 aliphatic rings. The van der Waals surface area contributed by atoms with Crippen LogP contribution in [0.5, 0.6) is 0 Å². The minimum absolute atomic E-state index is 0.00355. The summed E-state index contributed by atoms with van der Waals surface area (Å²) in [5.74, 6) is -1.03. The zero-order valence-corrected chi connectivity index (χ0v) is 17.4. The van der Waals surface area contributed by atoms with Gasteiger partial charge in [-0.1, -0.05) is 18.6 Å². The van der Waals surface area contributed by atoms with E-state index in [9.17, 15) is 22.8 Å². The van der Waals surface area contributed by atoms with Gasteiger partial charge in [0.1, 0.15) is 11.8 Å². The number of rotatable bonds is 4. The van der Waals surface area contributed by atoms with Crippen LogP contribution in [0.1, 0.15) is 53.6 Å². The number of halogens is 3. The Labute approximate surface area is 183 Å². The van der Waals surface area contributed by atoms with Gasteiger partial charge in [-0.25, -0.2) is 0 Å². The second kappa shape index (κ2) is 8.90. The Morgan fingerprint density at radius 3 is 2.62 bits per heavy atom. The topological polar surface area (TPSA) is 71.5 Å². The first kappa shape index (κ1) is 22.3. The third-order valence-electron chi connectivity index (χ3n) is 6.04. The highest BCUT2D eigenvalue weighted by Gasteiger charge is 2.53. The van der Waals surface area contributed by atoms with E-state index in [-0.39, 0.29) is 18.7 Å². The predicted molar refractivity (Wildman–Crippen MR) is 109 cm³/mol. The summed E-state index contributed by atoms with van der Waals surface area (Å²) in [7, 11) is 0. The lowest BCUT2D eigenvalue weighted by molar-refractivity contribution is -0.137. The Hall–Kier alpha value is -2.94. The van der Waals surface area contributed by atoms with Crippen molar-refractivity contribution in [1.29, 1.82) is 0 Å². The van der Waals surface area contributed by atoms with Crippen molar-refractivity contribution in [3.63, 3.8) is 0 Å². The number of carbonyl (C=O) groups is 2. The van der Waals surface area contributed by atoms with Gasteiger partial charge in [0.25, 0.3) is 5.91 Å². The first-order valence-electron chi connectivity index (χ1n) is 10.6. The maximum atomic E-state index is 13.5. The second-order valence-electron chi connectivity index (χ2n) is 8.17. The summed E-state index contributed by atoms with van der Waals surface area (Å²) in [6.07, 6.45) is 2.38. The number of pyridine rings is 1. The molecule has 1 aliphatic carbocycles. The highest BCUT2D eigenvalue weighted by molar-refractivity contribution is 5.98. The molecular formula is C23H24F3N3O3. The fraction of sp³-hybridized carbons (Fsp3) is 0.435. The van der Waals surface area contributed by atoms with E-state index < -0.39 is 35.3 Å². The smallest absolute Gasteiger partial charge is 0.353 e. The number of ether oxygens (including phenoxy) is 1. The van der Waals surface area contributed by atoms with Crippen LogP contribution in [0, 0.1) is 0 Å². The fourth-order valence-electron chi connectivity index (χ4n) is 4.45. The van der Waals surface area contributed by atoms with E-state index in [0.717, 1.165) is 37.0 Å². The van der Waals surface area contributed by atoms with Crippen molar-refractivity contribution < 1.29 is 27.5 Å². The molecule has 170 valence electrons. The molecule has 1 saturated carbocycles. The third kappa shape index (κ3) is 4.48. The first-order valence-corrected chi connectivity index (χ1v) is 10.6. The molecule has 0 radical (unpaired) electrons. The van der Waals surface area contributed by atoms with Crippen LogP contribution in [0.3, 0.4) is 0 Å². The van der Waals surface area contributed by atoms with Gasteiger partial charge in [-0.05, 0) is 55.5 Å². The largest absolute Gasteiger partial charge is 0.416 e. The lowest BCUT2D eigenvalue weighted by Gasteiger charge is -2.41. The van der Waals surface area contributed by atoms with Gasteiger partial charge in [0, 0.05) is 24.5 Å². The molecule has 1 atom stereocenters. The van der Waals surface area contributed by atoms with E-state index >= 15 is 0 Å². The molecule has 0 bridgehead atoms. The molecule has 32 heavy (non-hydrogen) atoms. The number of hydrogen-bond donors (Lipinski definition) is 1. The Morgan fingerprint density at radius 1 is 1.16 bits per heavy atom. The molecule has 9 heteroatoms. The quantitative estimate of drug-likeness (QED) is 0.771. The summed E-state index contributed by atoms with van der Waals surface area (Å²) in [5, 5.41) is 2.80. The van der Waals surface area contributed by atoms with Gasteiger partial charge in [-0.3, -0.25) is 19.5 Å². The number of aromatic nitrogens is 1. The molecule has 2 aromatic rings. The third-order valence-corrected chi connectivity index (χ3v) is 6.04. The van der Waals surface area contributed by atoms with Crippen LogP contribution in [0.25, 0.3) is 0 Å². The maximum Gasteiger partial charge on any atom is 0.416 e. The van der Waals surface area contributed by atoms with Crippen molar-refractivity contribution >= 4 is 11.8 Å². The molecule has 1 aliphatic heterocycles. The van der Waals surface area contributed by atoms with E-state index in [1.54, 1.807) is 18.5 Å². The minimum Gasteiger partial charge on any atom is -0.353 e. The number of alkyl halides is 3. The summed E-state index contributed by atoms with van der Waals surface area (Å²) in [4.78, 5) is 31.9. The average molecular weight is 447 g/mol. The van der Waals surface area contributed by atoms with Crippen LogP contribution in [-0.4, -0.2) is 40.1 Å². The van der Waals surface area contributed by atoms with Crippen molar-refractivity contribution in [3.05, 3.63) is 65.5 Å². The van der Waals surface area contributed by atoms with Gasteiger partial charge < -0.3 is 10.1 Å². The maximum absolute atomic E-state index is 13.5. The molecule has 1 aromatic carbocycles. The Bertz CT molecular complexity index is 975.